The monoisotopic (exact) mass is 335 g/mol. The number of rotatable bonds is 4. The number of ether oxygens (including phenoxy) is 1. The van der Waals surface area contributed by atoms with Crippen LogP contribution in [0.3, 0.4) is 0 Å². The molecular weight excluding hydrogens is 321 g/mol. The Labute approximate surface area is 138 Å². The van der Waals surface area contributed by atoms with Gasteiger partial charge in [-0.1, -0.05) is 17.7 Å². The van der Waals surface area contributed by atoms with Crippen molar-refractivity contribution in [3.63, 3.8) is 0 Å². The van der Waals surface area contributed by atoms with Crippen molar-refractivity contribution < 1.29 is 18.7 Å². The van der Waals surface area contributed by atoms with E-state index in [1.54, 1.807) is 6.92 Å². The first-order valence-corrected chi connectivity index (χ1v) is 7.13. The summed E-state index contributed by atoms with van der Waals surface area (Å²) < 4.78 is 19.4. The normalized spacial score (nSPS) is 10.5. The molecule has 0 aliphatic rings. The lowest BCUT2D eigenvalue weighted by Crippen LogP contribution is -2.13. The van der Waals surface area contributed by atoms with Gasteiger partial charge in [0.15, 0.2) is 5.78 Å². The van der Waals surface area contributed by atoms with Gasteiger partial charge in [0, 0.05) is 10.6 Å². The maximum atomic E-state index is 14.1. The van der Waals surface area contributed by atoms with Crippen molar-refractivity contribution in [2.75, 3.05) is 7.11 Å². The standard InChI is InChI=1S/C17H15ClFNO3/c1-8-13(18)7-12(9(2)21)16(23-3)15(8)10-4-5-11(17(20)22)14(19)6-10/h4-7H,1-3H3,(H2,20,22). The number of nitrogens with two attached hydrogens (primary N) is 1. The second-order valence-electron chi connectivity index (χ2n) is 5.05. The molecule has 0 aromatic heterocycles. The number of hydrogen-bond acceptors (Lipinski definition) is 3. The van der Waals surface area contributed by atoms with Crippen LogP contribution in [0.2, 0.25) is 5.02 Å². The first-order valence-electron chi connectivity index (χ1n) is 6.75. The molecule has 0 heterocycles. The topological polar surface area (TPSA) is 69.4 Å². The van der Waals surface area contributed by atoms with Crippen LogP contribution < -0.4 is 10.5 Å². The second-order valence-corrected chi connectivity index (χ2v) is 5.46. The number of methoxy groups -OCH3 is 1. The maximum Gasteiger partial charge on any atom is 0.251 e. The number of carbonyl (C=O) groups is 2. The van der Waals surface area contributed by atoms with Crippen molar-refractivity contribution in [2.45, 2.75) is 13.8 Å². The summed E-state index contributed by atoms with van der Waals surface area (Å²) in [6, 6.07) is 5.52. The van der Waals surface area contributed by atoms with E-state index < -0.39 is 11.7 Å². The van der Waals surface area contributed by atoms with Gasteiger partial charge in [-0.25, -0.2) is 4.39 Å². The minimum Gasteiger partial charge on any atom is -0.495 e. The Kier molecular flexibility index (Phi) is 4.71. The summed E-state index contributed by atoms with van der Waals surface area (Å²) in [6.45, 7) is 3.13. The van der Waals surface area contributed by atoms with Crippen LogP contribution in [0.4, 0.5) is 4.39 Å². The van der Waals surface area contributed by atoms with Crippen LogP contribution in [0.1, 0.15) is 33.2 Å². The van der Waals surface area contributed by atoms with Gasteiger partial charge in [-0.2, -0.15) is 0 Å². The molecule has 0 atom stereocenters. The molecule has 1 amide bonds. The maximum absolute atomic E-state index is 14.1. The highest BCUT2D eigenvalue weighted by Gasteiger charge is 2.21. The fraction of sp³-hybridized carbons (Fsp3) is 0.176. The van der Waals surface area contributed by atoms with Gasteiger partial charge in [0.1, 0.15) is 11.6 Å². The summed E-state index contributed by atoms with van der Waals surface area (Å²) in [7, 11) is 1.42. The van der Waals surface area contributed by atoms with E-state index in [2.05, 4.69) is 0 Å². The summed E-state index contributed by atoms with van der Waals surface area (Å²) in [4.78, 5) is 23.0. The number of halogens is 2. The molecule has 4 nitrogen and oxygen atoms in total. The number of ketones is 1. The van der Waals surface area contributed by atoms with Crippen LogP contribution in [0.15, 0.2) is 24.3 Å². The van der Waals surface area contributed by atoms with Gasteiger partial charge in [-0.15, -0.1) is 0 Å². The van der Waals surface area contributed by atoms with E-state index in [1.807, 2.05) is 0 Å². The van der Waals surface area contributed by atoms with Gasteiger partial charge < -0.3 is 10.5 Å². The molecule has 0 saturated carbocycles. The van der Waals surface area contributed by atoms with Crippen LogP contribution in [-0.4, -0.2) is 18.8 Å². The molecule has 23 heavy (non-hydrogen) atoms. The van der Waals surface area contributed by atoms with Crippen molar-refractivity contribution in [2.24, 2.45) is 5.73 Å². The Balaban J connectivity index is 2.79. The van der Waals surface area contributed by atoms with Crippen LogP contribution in [0, 0.1) is 12.7 Å². The summed E-state index contributed by atoms with van der Waals surface area (Å²) in [6.07, 6.45) is 0. The summed E-state index contributed by atoms with van der Waals surface area (Å²) in [5.41, 5.74) is 6.78. The van der Waals surface area contributed by atoms with Crippen molar-refractivity contribution in [3.05, 3.63) is 51.8 Å². The molecule has 6 heteroatoms. The molecule has 2 aromatic rings. The third-order valence-electron chi connectivity index (χ3n) is 3.58. The van der Waals surface area contributed by atoms with E-state index >= 15 is 0 Å². The van der Waals surface area contributed by atoms with Gasteiger partial charge in [0.25, 0.3) is 5.91 Å². The van der Waals surface area contributed by atoms with Crippen LogP contribution >= 0.6 is 11.6 Å². The Morgan fingerprint density at radius 2 is 1.87 bits per heavy atom. The molecule has 0 fully saturated rings. The van der Waals surface area contributed by atoms with Crippen molar-refractivity contribution in [3.8, 4) is 16.9 Å². The average molecular weight is 336 g/mol. The smallest absolute Gasteiger partial charge is 0.251 e. The van der Waals surface area contributed by atoms with Gasteiger partial charge in [-0.3, -0.25) is 9.59 Å². The van der Waals surface area contributed by atoms with E-state index in [4.69, 9.17) is 22.1 Å². The SMILES string of the molecule is COc1c(C(C)=O)cc(Cl)c(C)c1-c1ccc(C(N)=O)c(F)c1. The van der Waals surface area contributed by atoms with E-state index in [9.17, 15) is 14.0 Å². The molecule has 2 N–H and O–H groups in total. The van der Waals surface area contributed by atoms with Crippen molar-refractivity contribution >= 4 is 23.3 Å². The zero-order chi connectivity index (χ0) is 17.3. The van der Waals surface area contributed by atoms with Crippen LogP contribution in [0.25, 0.3) is 11.1 Å². The van der Waals surface area contributed by atoms with E-state index in [0.29, 0.717) is 33.0 Å². The molecule has 0 bridgehead atoms. The van der Waals surface area contributed by atoms with Crippen LogP contribution in [0.5, 0.6) is 5.75 Å². The van der Waals surface area contributed by atoms with Gasteiger partial charge in [0.05, 0.1) is 18.2 Å². The number of Topliss-reactive ketones (excluding diaryl/α,β-unsaturated/α-hetero) is 1. The second kappa shape index (κ2) is 6.38. The van der Waals surface area contributed by atoms with Crippen molar-refractivity contribution in [1.29, 1.82) is 0 Å². The van der Waals surface area contributed by atoms with Crippen molar-refractivity contribution in [1.82, 2.24) is 0 Å². The van der Waals surface area contributed by atoms with Gasteiger partial charge in [-0.05, 0) is 43.2 Å². The predicted molar refractivity (Wildman–Crippen MR) is 86.7 cm³/mol. The molecular formula is C17H15ClFNO3. The number of amides is 1. The van der Waals surface area contributed by atoms with E-state index in [1.165, 1.54) is 38.3 Å². The average Bonchev–Trinajstić information content (AvgIpc) is 2.48. The number of benzene rings is 2. The number of primary amides is 1. The van der Waals surface area contributed by atoms with Gasteiger partial charge >= 0.3 is 0 Å². The first-order chi connectivity index (χ1) is 10.8. The molecule has 2 aromatic carbocycles. The molecule has 0 unspecified atom stereocenters. The molecule has 0 aliphatic carbocycles. The Morgan fingerprint density at radius 1 is 1.22 bits per heavy atom. The van der Waals surface area contributed by atoms with Crippen LogP contribution in [-0.2, 0) is 0 Å². The highest BCUT2D eigenvalue weighted by atomic mass is 35.5. The number of hydrogen-bond donors (Lipinski definition) is 1. The third-order valence-corrected chi connectivity index (χ3v) is 3.98. The van der Waals surface area contributed by atoms with E-state index in [0.717, 1.165) is 0 Å². The molecule has 0 radical (unpaired) electrons. The summed E-state index contributed by atoms with van der Waals surface area (Å²) >= 11 is 6.19. The number of carbonyl (C=O) groups excluding carboxylic acids is 2. The Morgan fingerprint density at radius 3 is 2.35 bits per heavy atom. The lowest BCUT2D eigenvalue weighted by molar-refractivity contribution is 0.0992. The lowest BCUT2D eigenvalue weighted by atomic mass is 9.94. The molecule has 0 spiro atoms. The fourth-order valence-electron chi connectivity index (χ4n) is 2.42. The van der Waals surface area contributed by atoms with E-state index in [-0.39, 0.29) is 11.3 Å². The third kappa shape index (κ3) is 3.05. The quantitative estimate of drug-likeness (QED) is 0.865. The zero-order valence-electron chi connectivity index (χ0n) is 12.9. The molecule has 0 aliphatic heterocycles. The largest absolute Gasteiger partial charge is 0.495 e. The highest BCUT2D eigenvalue weighted by molar-refractivity contribution is 6.32. The predicted octanol–water partition coefficient (Wildman–Crippen LogP) is 3.76. The Hall–Kier alpha value is -2.40. The molecule has 0 saturated heterocycles. The Bertz CT molecular complexity index is 818. The lowest BCUT2D eigenvalue weighted by Gasteiger charge is -2.17. The summed E-state index contributed by atoms with van der Waals surface area (Å²) in [5, 5.41) is 0.366. The summed E-state index contributed by atoms with van der Waals surface area (Å²) in [5.74, 6) is -1.51. The minimum atomic E-state index is -0.853. The molecule has 2 rings (SSSR count). The first kappa shape index (κ1) is 17.0. The van der Waals surface area contributed by atoms with Gasteiger partial charge in [0.2, 0.25) is 0 Å². The highest BCUT2D eigenvalue weighted by Crippen LogP contribution is 2.40. The minimum absolute atomic E-state index is 0.209. The molecule has 120 valence electrons. The zero-order valence-corrected chi connectivity index (χ0v) is 13.6. The fourth-order valence-corrected chi connectivity index (χ4v) is 2.62.